The van der Waals surface area contributed by atoms with Gasteiger partial charge in [-0.2, -0.15) is 4.98 Å². The number of piperidine rings is 1. The molecule has 1 fully saturated rings. The number of hydrogen-bond acceptors (Lipinski definition) is 6. The topological polar surface area (TPSA) is 90.8 Å². The summed E-state index contributed by atoms with van der Waals surface area (Å²) in [6, 6.07) is 8.44. The van der Waals surface area contributed by atoms with Gasteiger partial charge < -0.3 is 20.1 Å². The Hall–Kier alpha value is -3.86. The van der Waals surface area contributed by atoms with Gasteiger partial charge in [-0.3, -0.25) is 4.90 Å². The van der Waals surface area contributed by atoms with Gasteiger partial charge in [0.1, 0.15) is 17.5 Å². The number of nitrogens with one attached hydrogen (secondary N) is 1. The van der Waals surface area contributed by atoms with Crippen molar-refractivity contribution in [3.05, 3.63) is 71.7 Å². The first-order valence-corrected chi connectivity index (χ1v) is 11.4. The Morgan fingerprint density at radius 1 is 1.19 bits per heavy atom. The van der Waals surface area contributed by atoms with Crippen LogP contribution in [0.5, 0.6) is 5.75 Å². The molecule has 0 aliphatic carbocycles. The van der Waals surface area contributed by atoms with E-state index < -0.39 is 30.1 Å². The van der Waals surface area contributed by atoms with Crippen LogP contribution < -0.4 is 15.0 Å². The van der Waals surface area contributed by atoms with E-state index in [-0.39, 0.29) is 23.1 Å². The summed E-state index contributed by atoms with van der Waals surface area (Å²) in [6.45, 7) is 1.93. The molecule has 1 aliphatic heterocycles. The number of benzene rings is 2. The Kier molecular flexibility index (Phi) is 7.89. The third-order valence-corrected chi connectivity index (χ3v) is 5.87. The number of carboxylic acid groups (broad SMARTS) is 1. The van der Waals surface area contributed by atoms with E-state index in [4.69, 9.17) is 4.74 Å². The molecule has 0 saturated carbocycles. The first kappa shape index (κ1) is 25.2. The molecule has 3 aromatic rings. The molecule has 0 bridgehead atoms. The molecule has 1 aromatic heterocycles. The molecule has 4 rings (SSSR count). The predicted octanol–water partition coefficient (Wildman–Crippen LogP) is 5.04. The normalized spacial score (nSPS) is 15.9. The first-order chi connectivity index (χ1) is 17.3. The zero-order valence-electron chi connectivity index (χ0n) is 19.6. The van der Waals surface area contributed by atoms with Crippen LogP contribution in [0.15, 0.2) is 48.7 Å². The third-order valence-electron chi connectivity index (χ3n) is 5.87. The summed E-state index contributed by atoms with van der Waals surface area (Å²) < 4.78 is 47.9. The summed E-state index contributed by atoms with van der Waals surface area (Å²) in [5, 5.41) is 12.4. The Bertz CT molecular complexity index is 1230. The van der Waals surface area contributed by atoms with Crippen LogP contribution in [0.4, 0.5) is 35.4 Å². The van der Waals surface area contributed by atoms with Crippen LogP contribution in [0.2, 0.25) is 0 Å². The molecule has 2 N–H and O–H groups in total. The molecule has 36 heavy (non-hydrogen) atoms. The van der Waals surface area contributed by atoms with Crippen molar-refractivity contribution in [1.29, 1.82) is 0 Å². The lowest BCUT2D eigenvalue weighted by Crippen LogP contribution is -2.34. The summed E-state index contributed by atoms with van der Waals surface area (Å²) in [5.41, 5.74) is 0.176. The van der Waals surface area contributed by atoms with Crippen molar-refractivity contribution >= 4 is 23.5 Å². The minimum absolute atomic E-state index is 0.00299. The molecular formula is C25H26F3N5O3. The van der Waals surface area contributed by atoms with E-state index in [1.165, 1.54) is 24.4 Å². The fourth-order valence-corrected chi connectivity index (χ4v) is 4.08. The van der Waals surface area contributed by atoms with Crippen molar-refractivity contribution in [1.82, 2.24) is 14.9 Å². The van der Waals surface area contributed by atoms with Crippen molar-refractivity contribution in [3.8, 4) is 5.75 Å². The molecule has 1 aliphatic rings. The zero-order valence-corrected chi connectivity index (χ0v) is 19.6. The van der Waals surface area contributed by atoms with Gasteiger partial charge in [0.05, 0.1) is 13.2 Å². The third kappa shape index (κ3) is 6.42. The number of hydrogen-bond donors (Lipinski definition) is 2. The van der Waals surface area contributed by atoms with Crippen LogP contribution in [-0.4, -0.2) is 52.8 Å². The van der Waals surface area contributed by atoms with E-state index in [0.29, 0.717) is 18.2 Å². The van der Waals surface area contributed by atoms with Crippen LogP contribution in [0.25, 0.3) is 0 Å². The highest BCUT2D eigenvalue weighted by molar-refractivity contribution is 5.84. The number of rotatable bonds is 8. The maximum atomic E-state index is 14.6. The monoisotopic (exact) mass is 501 g/mol. The van der Waals surface area contributed by atoms with Crippen LogP contribution in [0.3, 0.4) is 0 Å². The molecule has 1 saturated heterocycles. The summed E-state index contributed by atoms with van der Waals surface area (Å²) in [7, 11) is 2.06. The second-order valence-electron chi connectivity index (χ2n) is 8.69. The Balaban J connectivity index is 1.44. The van der Waals surface area contributed by atoms with Crippen molar-refractivity contribution in [2.75, 3.05) is 37.0 Å². The molecule has 11 heteroatoms. The number of nitrogens with zero attached hydrogens (tertiary/aromatic N) is 4. The summed E-state index contributed by atoms with van der Waals surface area (Å²) >= 11 is 0. The van der Waals surface area contributed by atoms with E-state index in [0.717, 1.165) is 49.0 Å². The van der Waals surface area contributed by atoms with E-state index in [9.17, 15) is 23.1 Å². The van der Waals surface area contributed by atoms with Crippen LogP contribution in [0.1, 0.15) is 18.4 Å². The summed E-state index contributed by atoms with van der Waals surface area (Å²) in [6.07, 6.45) is 2.02. The lowest BCUT2D eigenvalue weighted by molar-refractivity contribution is 0.147. The van der Waals surface area contributed by atoms with Crippen molar-refractivity contribution < 1.29 is 27.8 Å². The van der Waals surface area contributed by atoms with Gasteiger partial charge in [0, 0.05) is 36.0 Å². The molecule has 1 atom stereocenters. The number of amides is 1. The van der Waals surface area contributed by atoms with Crippen molar-refractivity contribution in [3.63, 3.8) is 0 Å². The lowest BCUT2D eigenvalue weighted by atomic mass is 10.00. The molecular weight excluding hydrogens is 475 g/mol. The van der Waals surface area contributed by atoms with Crippen LogP contribution in [0, 0.1) is 23.4 Å². The second kappa shape index (κ2) is 11.3. The van der Waals surface area contributed by atoms with Gasteiger partial charge in [0.2, 0.25) is 5.95 Å². The Morgan fingerprint density at radius 3 is 2.78 bits per heavy atom. The van der Waals surface area contributed by atoms with Gasteiger partial charge in [0.15, 0.2) is 11.6 Å². The number of aromatic nitrogens is 2. The molecule has 2 heterocycles. The predicted molar refractivity (Wildman–Crippen MR) is 128 cm³/mol. The molecule has 1 unspecified atom stereocenters. The fourth-order valence-electron chi connectivity index (χ4n) is 4.08. The summed E-state index contributed by atoms with van der Waals surface area (Å²) in [5.74, 6) is -1.59. The van der Waals surface area contributed by atoms with E-state index in [1.807, 2.05) is 0 Å². The minimum atomic E-state index is -1.42. The molecule has 0 radical (unpaired) electrons. The average molecular weight is 502 g/mol. The van der Waals surface area contributed by atoms with E-state index >= 15 is 0 Å². The highest BCUT2D eigenvalue weighted by Crippen LogP contribution is 2.25. The second-order valence-corrected chi connectivity index (χ2v) is 8.69. The van der Waals surface area contributed by atoms with Crippen molar-refractivity contribution in [2.24, 2.45) is 5.92 Å². The number of ether oxygens (including phenoxy) is 1. The summed E-state index contributed by atoms with van der Waals surface area (Å²) in [4.78, 5) is 23.0. The molecule has 190 valence electrons. The molecule has 8 nitrogen and oxygen atoms in total. The SMILES string of the molecule is CN1CCCC(COc2ccc(Nc3nccc(N(Cc4cc(F)ccc4F)C(=O)O)n3)cc2F)C1. The number of anilines is 3. The highest BCUT2D eigenvalue weighted by atomic mass is 19.1. The van der Waals surface area contributed by atoms with Gasteiger partial charge in [0.25, 0.3) is 0 Å². The maximum absolute atomic E-state index is 14.6. The van der Waals surface area contributed by atoms with Gasteiger partial charge in [-0.1, -0.05) is 0 Å². The van der Waals surface area contributed by atoms with E-state index in [2.05, 4.69) is 27.2 Å². The first-order valence-electron chi connectivity index (χ1n) is 11.4. The smallest absolute Gasteiger partial charge is 0.413 e. The quantitative estimate of drug-likeness (QED) is 0.447. The van der Waals surface area contributed by atoms with Gasteiger partial charge in [-0.05, 0) is 62.8 Å². The Morgan fingerprint density at radius 2 is 2.03 bits per heavy atom. The Labute approximate surface area is 206 Å². The molecule has 2 aromatic carbocycles. The standard InChI is InChI=1S/C25H26F3N5O3/c1-32-10-2-3-16(13-32)15-36-22-7-5-19(12-21(22)28)30-24-29-9-8-23(31-24)33(25(34)35)14-17-11-18(26)4-6-20(17)27/h4-9,11-12,16H,2-3,10,13-15H2,1H3,(H,34,35)(H,29,30,31). The van der Waals surface area contributed by atoms with Crippen LogP contribution >= 0.6 is 0 Å². The average Bonchev–Trinajstić information content (AvgIpc) is 2.84. The van der Waals surface area contributed by atoms with Gasteiger partial charge in [-0.15, -0.1) is 0 Å². The van der Waals surface area contributed by atoms with Gasteiger partial charge >= 0.3 is 6.09 Å². The maximum Gasteiger partial charge on any atom is 0.413 e. The van der Waals surface area contributed by atoms with Gasteiger partial charge in [-0.25, -0.2) is 22.9 Å². The van der Waals surface area contributed by atoms with Crippen LogP contribution in [-0.2, 0) is 6.54 Å². The van der Waals surface area contributed by atoms with E-state index in [1.54, 1.807) is 6.07 Å². The molecule has 1 amide bonds. The fraction of sp³-hybridized carbons (Fsp3) is 0.320. The number of carbonyl (C=O) groups is 1. The number of likely N-dealkylation sites (tertiary alicyclic amines) is 1. The number of halogens is 3. The van der Waals surface area contributed by atoms with Crippen molar-refractivity contribution in [2.45, 2.75) is 19.4 Å². The highest BCUT2D eigenvalue weighted by Gasteiger charge is 2.20. The molecule has 0 spiro atoms. The zero-order chi connectivity index (χ0) is 25.7. The largest absolute Gasteiger partial charge is 0.490 e. The minimum Gasteiger partial charge on any atom is -0.490 e. The lowest BCUT2D eigenvalue weighted by Gasteiger charge is -2.29.